The molecule has 4 nitrogen and oxygen atoms in total. The molecular weight excluding hydrogens is 274 g/mol. The minimum absolute atomic E-state index is 0.0205. The number of carboxylic acids is 1. The quantitative estimate of drug-likeness (QED) is 0.724. The Bertz CT molecular complexity index is 445. The molecule has 0 aliphatic carbocycles. The Morgan fingerprint density at radius 3 is 2.50 bits per heavy atom. The SMILES string of the molecule is CCC(CC(=O)O)NC(=O)CCSc1ccc(C)cc1. The van der Waals surface area contributed by atoms with Crippen molar-refractivity contribution < 1.29 is 14.7 Å². The molecule has 0 saturated carbocycles. The molecule has 0 aliphatic heterocycles. The van der Waals surface area contributed by atoms with Crippen LogP contribution in [0.2, 0.25) is 0 Å². The van der Waals surface area contributed by atoms with Crippen molar-refractivity contribution in [1.29, 1.82) is 0 Å². The maximum absolute atomic E-state index is 11.7. The average molecular weight is 295 g/mol. The third-order valence-electron chi connectivity index (χ3n) is 2.90. The molecule has 2 N–H and O–H groups in total. The predicted molar refractivity (Wildman–Crippen MR) is 81.0 cm³/mol. The fourth-order valence-corrected chi connectivity index (χ4v) is 2.56. The van der Waals surface area contributed by atoms with Crippen molar-refractivity contribution in [3.63, 3.8) is 0 Å². The molecule has 0 saturated heterocycles. The molecule has 0 bridgehead atoms. The van der Waals surface area contributed by atoms with Crippen molar-refractivity contribution in [3.05, 3.63) is 29.8 Å². The van der Waals surface area contributed by atoms with Gasteiger partial charge in [-0.2, -0.15) is 0 Å². The summed E-state index contributed by atoms with van der Waals surface area (Å²) in [5, 5.41) is 11.5. The number of aryl methyl sites for hydroxylation is 1. The number of nitrogens with one attached hydrogen (secondary N) is 1. The van der Waals surface area contributed by atoms with E-state index in [1.54, 1.807) is 11.8 Å². The van der Waals surface area contributed by atoms with Crippen molar-refractivity contribution in [1.82, 2.24) is 5.32 Å². The number of carbonyl (C=O) groups excluding carboxylic acids is 1. The summed E-state index contributed by atoms with van der Waals surface area (Å²) in [4.78, 5) is 23.5. The Labute approximate surface area is 124 Å². The second kappa shape index (κ2) is 8.64. The van der Waals surface area contributed by atoms with Crippen LogP contribution >= 0.6 is 11.8 Å². The Morgan fingerprint density at radius 1 is 1.30 bits per heavy atom. The summed E-state index contributed by atoms with van der Waals surface area (Å²) in [6, 6.07) is 7.89. The second-order valence-corrected chi connectivity index (χ2v) is 5.85. The predicted octanol–water partition coefficient (Wildman–Crippen LogP) is 2.85. The molecule has 1 aromatic rings. The second-order valence-electron chi connectivity index (χ2n) is 4.68. The number of amides is 1. The van der Waals surface area contributed by atoms with Crippen LogP contribution in [0.15, 0.2) is 29.2 Å². The normalized spacial score (nSPS) is 11.9. The van der Waals surface area contributed by atoms with Crippen LogP contribution in [0.4, 0.5) is 0 Å². The van der Waals surface area contributed by atoms with E-state index < -0.39 is 5.97 Å². The van der Waals surface area contributed by atoms with E-state index in [2.05, 4.69) is 5.32 Å². The number of carbonyl (C=O) groups is 2. The van der Waals surface area contributed by atoms with Gasteiger partial charge in [0.25, 0.3) is 0 Å². The molecule has 1 atom stereocenters. The molecule has 110 valence electrons. The molecule has 1 aromatic carbocycles. The first-order valence-electron chi connectivity index (χ1n) is 6.72. The Morgan fingerprint density at radius 2 is 1.95 bits per heavy atom. The summed E-state index contributed by atoms with van der Waals surface area (Å²) in [7, 11) is 0. The average Bonchev–Trinajstić information content (AvgIpc) is 2.39. The van der Waals surface area contributed by atoms with Gasteiger partial charge >= 0.3 is 5.97 Å². The first kappa shape index (κ1) is 16.6. The van der Waals surface area contributed by atoms with E-state index in [-0.39, 0.29) is 18.4 Å². The minimum atomic E-state index is -0.883. The molecule has 5 heteroatoms. The van der Waals surface area contributed by atoms with Gasteiger partial charge in [-0.25, -0.2) is 0 Å². The van der Waals surface area contributed by atoms with E-state index in [9.17, 15) is 9.59 Å². The van der Waals surface area contributed by atoms with Crippen LogP contribution < -0.4 is 5.32 Å². The van der Waals surface area contributed by atoms with Crippen LogP contribution in [0.25, 0.3) is 0 Å². The number of rotatable bonds is 8. The summed E-state index contributed by atoms with van der Waals surface area (Å²) in [6.45, 7) is 3.91. The Kier molecular flexibility index (Phi) is 7.15. The van der Waals surface area contributed by atoms with Gasteiger partial charge in [-0.1, -0.05) is 24.6 Å². The summed E-state index contributed by atoms with van der Waals surface area (Å²) < 4.78 is 0. The van der Waals surface area contributed by atoms with Crippen molar-refractivity contribution in [2.24, 2.45) is 0 Å². The van der Waals surface area contributed by atoms with Crippen molar-refractivity contribution in [2.75, 3.05) is 5.75 Å². The van der Waals surface area contributed by atoms with Gasteiger partial charge in [0.1, 0.15) is 0 Å². The summed E-state index contributed by atoms with van der Waals surface area (Å²) in [5.41, 5.74) is 1.21. The van der Waals surface area contributed by atoms with Crippen LogP contribution in [-0.2, 0) is 9.59 Å². The van der Waals surface area contributed by atoms with Crippen molar-refractivity contribution in [3.8, 4) is 0 Å². The number of hydrogen-bond acceptors (Lipinski definition) is 3. The maximum Gasteiger partial charge on any atom is 0.305 e. The van der Waals surface area contributed by atoms with E-state index in [4.69, 9.17) is 5.11 Å². The zero-order chi connectivity index (χ0) is 15.0. The van der Waals surface area contributed by atoms with Crippen LogP contribution in [0.1, 0.15) is 31.7 Å². The van der Waals surface area contributed by atoms with Crippen molar-refractivity contribution >= 4 is 23.6 Å². The van der Waals surface area contributed by atoms with Gasteiger partial charge in [-0.05, 0) is 25.5 Å². The van der Waals surface area contributed by atoms with Gasteiger partial charge in [0.15, 0.2) is 0 Å². The summed E-state index contributed by atoms with van der Waals surface area (Å²) >= 11 is 1.63. The number of aliphatic carboxylic acids is 1. The van der Waals surface area contributed by atoms with Gasteiger partial charge < -0.3 is 10.4 Å². The Balaban J connectivity index is 2.28. The van der Waals surface area contributed by atoms with Crippen LogP contribution in [0.5, 0.6) is 0 Å². The van der Waals surface area contributed by atoms with E-state index in [0.717, 1.165) is 4.90 Å². The van der Waals surface area contributed by atoms with Gasteiger partial charge in [0.05, 0.1) is 6.42 Å². The van der Waals surface area contributed by atoms with E-state index in [1.807, 2.05) is 38.1 Å². The van der Waals surface area contributed by atoms with E-state index in [0.29, 0.717) is 18.6 Å². The topological polar surface area (TPSA) is 66.4 Å². The lowest BCUT2D eigenvalue weighted by atomic mass is 10.1. The molecule has 0 fully saturated rings. The highest BCUT2D eigenvalue weighted by Gasteiger charge is 2.13. The minimum Gasteiger partial charge on any atom is -0.481 e. The van der Waals surface area contributed by atoms with Gasteiger partial charge in [-0.15, -0.1) is 11.8 Å². The fraction of sp³-hybridized carbons (Fsp3) is 0.467. The highest BCUT2D eigenvalue weighted by Crippen LogP contribution is 2.18. The fourth-order valence-electron chi connectivity index (χ4n) is 1.70. The maximum atomic E-state index is 11.7. The van der Waals surface area contributed by atoms with Crippen LogP contribution in [-0.4, -0.2) is 28.8 Å². The third-order valence-corrected chi connectivity index (χ3v) is 3.91. The number of benzene rings is 1. The molecule has 20 heavy (non-hydrogen) atoms. The summed E-state index contributed by atoms with van der Waals surface area (Å²) in [5.74, 6) is -0.276. The van der Waals surface area contributed by atoms with Crippen LogP contribution in [0.3, 0.4) is 0 Å². The summed E-state index contributed by atoms with van der Waals surface area (Å²) in [6.07, 6.45) is 1.01. The molecular formula is C15H21NO3S. The molecule has 0 spiro atoms. The molecule has 0 heterocycles. The lowest BCUT2D eigenvalue weighted by Gasteiger charge is -2.14. The largest absolute Gasteiger partial charge is 0.481 e. The van der Waals surface area contributed by atoms with E-state index >= 15 is 0 Å². The highest BCUT2D eigenvalue weighted by molar-refractivity contribution is 7.99. The van der Waals surface area contributed by atoms with Gasteiger partial charge in [0, 0.05) is 23.1 Å². The first-order valence-corrected chi connectivity index (χ1v) is 7.70. The zero-order valence-electron chi connectivity index (χ0n) is 11.9. The third kappa shape index (κ3) is 6.61. The lowest BCUT2D eigenvalue weighted by molar-refractivity contribution is -0.137. The number of carboxylic acid groups (broad SMARTS) is 1. The molecule has 1 rings (SSSR count). The molecule has 0 aliphatic rings. The smallest absolute Gasteiger partial charge is 0.305 e. The van der Waals surface area contributed by atoms with Crippen molar-refractivity contribution in [2.45, 2.75) is 44.0 Å². The number of hydrogen-bond donors (Lipinski definition) is 2. The van der Waals surface area contributed by atoms with Crippen LogP contribution in [0, 0.1) is 6.92 Å². The van der Waals surface area contributed by atoms with E-state index in [1.165, 1.54) is 5.56 Å². The number of thioether (sulfide) groups is 1. The molecule has 1 amide bonds. The standard InChI is InChI=1S/C15H21NO3S/c1-3-12(10-15(18)19)16-14(17)8-9-20-13-6-4-11(2)5-7-13/h4-7,12H,3,8-10H2,1-2H3,(H,16,17)(H,18,19). The van der Waals surface area contributed by atoms with Gasteiger partial charge in [0.2, 0.25) is 5.91 Å². The molecule has 0 radical (unpaired) electrons. The molecule has 0 aromatic heterocycles. The Hall–Kier alpha value is -1.49. The zero-order valence-corrected chi connectivity index (χ0v) is 12.7. The lowest BCUT2D eigenvalue weighted by Crippen LogP contribution is -2.36. The molecule has 1 unspecified atom stereocenters. The first-order chi connectivity index (χ1) is 9.51. The monoisotopic (exact) mass is 295 g/mol. The van der Waals surface area contributed by atoms with Gasteiger partial charge in [-0.3, -0.25) is 9.59 Å². The highest BCUT2D eigenvalue weighted by atomic mass is 32.2.